The van der Waals surface area contributed by atoms with E-state index < -0.39 is 18.3 Å². The van der Waals surface area contributed by atoms with Gasteiger partial charge in [-0.15, -0.1) is 0 Å². The molecular weight excluding hydrogens is 575 g/mol. The number of nitrogens with zero attached hydrogens (tertiary/aromatic N) is 2. The minimum Gasteiger partial charge on any atom is -0.399 e. The van der Waals surface area contributed by atoms with Crippen molar-refractivity contribution in [1.82, 2.24) is 9.97 Å². The maximum absolute atomic E-state index is 6.58. The van der Waals surface area contributed by atoms with E-state index in [1.807, 2.05) is 36.4 Å². The van der Waals surface area contributed by atoms with Gasteiger partial charge in [0.25, 0.3) is 0 Å². The lowest BCUT2D eigenvalue weighted by Crippen LogP contribution is -2.41. The zero-order valence-corrected chi connectivity index (χ0v) is 27.1. The number of hydrogen-bond donors (Lipinski definition) is 0. The van der Waals surface area contributed by atoms with Gasteiger partial charge in [-0.3, -0.25) is 0 Å². The monoisotopic (exact) mass is 610 g/mol. The standard InChI is InChI=1S/C42H35BN2O2/c1-41(2)42(3,4)47-43(46-41)35-25-33(31-21-22-37-32(23-31)20-19-28-13-11-12-18-36(28)37)24-34(26-35)39-27-38(29-14-7-5-8-15-29)44-40(45-39)30-16-9-6-10-17-30/h5-27H,1-4H3. The van der Waals surface area contributed by atoms with Crippen LogP contribution in [0.1, 0.15) is 27.7 Å². The molecular formula is C42H35BN2O2. The van der Waals surface area contributed by atoms with Crippen LogP contribution in [0, 0.1) is 0 Å². The summed E-state index contributed by atoms with van der Waals surface area (Å²) in [7, 11) is -0.521. The van der Waals surface area contributed by atoms with Crippen molar-refractivity contribution in [2.75, 3.05) is 0 Å². The zero-order valence-electron chi connectivity index (χ0n) is 27.1. The zero-order chi connectivity index (χ0) is 32.2. The second-order valence-corrected chi connectivity index (χ2v) is 13.3. The molecule has 228 valence electrons. The first-order valence-corrected chi connectivity index (χ1v) is 16.2. The fourth-order valence-corrected chi connectivity index (χ4v) is 6.34. The van der Waals surface area contributed by atoms with Gasteiger partial charge in [0, 0.05) is 16.7 Å². The van der Waals surface area contributed by atoms with Gasteiger partial charge in [-0.2, -0.15) is 0 Å². The van der Waals surface area contributed by atoms with E-state index in [0.717, 1.165) is 44.7 Å². The van der Waals surface area contributed by atoms with Crippen molar-refractivity contribution in [3.63, 3.8) is 0 Å². The summed E-state index contributed by atoms with van der Waals surface area (Å²) in [6.07, 6.45) is 0. The normalized spacial score (nSPS) is 15.4. The van der Waals surface area contributed by atoms with Crippen LogP contribution in [0.25, 0.3) is 66.6 Å². The fraction of sp³-hybridized carbons (Fsp3) is 0.143. The van der Waals surface area contributed by atoms with E-state index in [0.29, 0.717) is 5.82 Å². The third-order valence-electron chi connectivity index (χ3n) is 9.68. The van der Waals surface area contributed by atoms with Crippen LogP contribution in [-0.4, -0.2) is 28.3 Å². The molecule has 0 atom stereocenters. The van der Waals surface area contributed by atoms with Crippen LogP contribution in [0.4, 0.5) is 0 Å². The Morgan fingerprint density at radius 2 is 1.02 bits per heavy atom. The van der Waals surface area contributed by atoms with Crippen molar-refractivity contribution in [2.45, 2.75) is 38.9 Å². The maximum Gasteiger partial charge on any atom is 0.494 e. The van der Waals surface area contributed by atoms with Crippen LogP contribution in [0.5, 0.6) is 0 Å². The van der Waals surface area contributed by atoms with Crippen LogP contribution >= 0.6 is 0 Å². The van der Waals surface area contributed by atoms with Gasteiger partial charge in [0.1, 0.15) is 0 Å². The highest BCUT2D eigenvalue weighted by atomic mass is 16.7. The molecule has 0 amide bonds. The second kappa shape index (κ2) is 11.3. The molecule has 0 bridgehead atoms. The van der Waals surface area contributed by atoms with E-state index in [1.165, 1.54) is 21.5 Å². The predicted octanol–water partition coefficient (Wildman–Crippen LogP) is 9.75. The third kappa shape index (κ3) is 5.42. The summed E-state index contributed by atoms with van der Waals surface area (Å²) in [5.74, 6) is 0.683. The average molecular weight is 611 g/mol. The van der Waals surface area contributed by atoms with Gasteiger partial charge in [0.2, 0.25) is 0 Å². The molecule has 1 aromatic heterocycles. The molecule has 0 unspecified atom stereocenters. The Bertz CT molecular complexity index is 2190. The first-order valence-electron chi connectivity index (χ1n) is 16.2. The highest BCUT2D eigenvalue weighted by Gasteiger charge is 2.51. The molecule has 8 rings (SSSR count). The van der Waals surface area contributed by atoms with Gasteiger partial charge in [0.15, 0.2) is 5.82 Å². The van der Waals surface area contributed by atoms with Crippen LogP contribution in [0.3, 0.4) is 0 Å². The molecule has 1 saturated heterocycles. The highest BCUT2D eigenvalue weighted by molar-refractivity contribution is 6.62. The fourth-order valence-electron chi connectivity index (χ4n) is 6.34. The van der Waals surface area contributed by atoms with E-state index in [9.17, 15) is 0 Å². The molecule has 0 N–H and O–H groups in total. The van der Waals surface area contributed by atoms with Crippen molar-refractivity contribution < 1.29 is 9.31 Å². The quantitative estimate of drug-likeness (QED) is 0.144. The van der Waals surface area contributed by atoms with Crippen molar-refractivity contribution >= 4 is 34.1 Å². The largest absolute Gasteiger partial charge is 0.494 e. The highest BCUT2D eigenvalue weighted by Crippen LogP contribution is 2.38. The van der Waals surface area contributed by atoms with Crippen molar-refractivity contribution in [2.24, 2.45) is 0 Å². The van der Waals surface area contributed by atoms with Gasteiger partial charge in [-0.25, -0.2) is 9.97 Å². The summed E-state index contributed by atoms with van der Waals surface area (Å²) in [6, 6.07) is 48.8. The number of aromatic nitrogens is 2. The molecule has 4 nitrogen and oxygen atoms in total. The van der Waals surface area contributed by atoms with Gasteiger partial charge in [-0.05, 0) is 84.0 Å². The molecule has 1 aliphatic heterocycles. The Hall–Kier alpha value is -5.10. The summed E-state index contributed by atoms with van der Waals surface area (Å²) in [6.45, 7) is 8.37. The third-order valence-corrected chi connectivity index (χ3v) is 9.68. The molecule has 0 spiro atoms. The molecule has 7 aromatic rings. The molecule has 0 aliphatic carbocycles. The van der Waals surface area contributed by atoms with Crippen LogP contribution < -0.4 is 5.46 Å². The SMILES string of the molecule is CC1(C)OB(c2cc(-c3ccc4c(ccc5ccccc54)c3)cc(-c3cc(-c4ccccc4)nc(-c4ccccc4)n3)c2)OC1(C)C. The van der Waals surface area contributed by atoms with Gasteiger partial charge < -0.3 is 9.31 Å². The lowest BCUT2D eigenvalue weighted by molar-refractivity contribution is 0.00578. The van der Waals surface area contributed by atoms with Crippen molar-refractivity contribution in [3.8, 4) is 45.0 Å². The van der Waals surface area contributed by atoms with E-state index in [1.54, 1.807) is 0 Å². The van der Waals surface area contributed by atoms with Gasteiger partial charge in [0.05, 0.1) is 22.6 Å². The topological polar surface area (TPSA) is 44.2 Å². The smallest absolute Gasteiger partial charge is 0.399 e. The average Bonchev–Trinajstić information content (AvgIpc) is 3.34. The molecule has 1 fully saturated rings. The number of rotatable bonds is 5. The lowest BCUT2D eigenvalue weighted by Gasteiger charge is -2.32. The second-order valence-electron chi connectivity index (χ2n) is 13.3. The Kier molecular flexibility index (Phi) is 7.05. The maximum atomic E-state index is 6.58. The molecule has 0 radical (unpaired) electrons. The Balaban J connectivity index is 1.32. The van der Waals surface area contributed by atoms with Crippen LogP contribution in [0.15, 0.2) is 140 Å². The molecule has 0 saturated carbocycles. The minimum absolute atomic E-state index is 0.465. The lowest BCUT2D eigenvalue weighted by atomic mass is 9.76. The predicted molar refractivity (Wildman–Crippen MR) is 195 cm³/mol. The van der Waals surface area contributed by atoms with E-state index in [2.05, 4.69) is 131 Å². The minimum atomic E-state index is -0.521. The van der Waals surface area contributed by atoms with E-state index in [-0.39, 0.29) is 0 Å². The summed E-state index contributed by atoms with van der Waals surface area (Å²) in [5, 5.41) is 4.93. The van der Waals surface area contributed by atoms with Gasteiger partial charge >= 0.3 is 7.12 Å². The Morgan fingerprint density at radius 3 is 1.74 bits per heavy atom. The number of fused-ring (bicyclic) bond motifs is 3. The van der Waals surface area contributed by atoms with Crippen molar-refractivity contribution in [3.05, 3.63) is 140 Å². The van der Waals surface area contributed by atoms with Crippen molar-refractivity contribution in [1.29, 1.82) is 0 Å². The Labute approximate surface area is 276 Å². The van der Waals surface area contributed by atoms with E-state index in [4.69, 9.17) is 19.3 Å². The molecule has 47 heavy (non-hydrogen) atoms. The molecule has 6 aromatic carbocycles. The number of benzene rings is 6. The summed E-state index contributed by atoms with van der Waals surface area (Å²) >= 11 is 0. The van der Waals surface area contributed by atoms with Crippen LogP contribution in [0.2, 0.25) is 0 Å². The molecule has 5 heteroatoms. The molecule has 1 aliphatic rings. The summed E-state index contributed by atoms with van der Waals surface area (Å²) in [5.41, 5.74) is 6.91. The van der Waals surface area contributed by atoms with E-state index >= 15 is 0 Å². The summed E-state index contributed by atoms with van der Waals surface area (Å²) in [4.78, 5) is 10.2. The summed E-state index contributed by atoms with van der Waals surface area (Å²) < 4.78 is 13.2. The van der Waals surface area contributed by atoms with Crippen LogP contribution in [-0.2, 0) is 9.31 Å². The first kappa shape index (κ1) is 29.3. The number of hydrogen-bond acceptors (Lipinski definition) is 4. The Morgan fingerprint density at radius 1 is 0.447 bits per heavy atom. The van der Waals surface area contributed by atoms with Gasteiger partial charge in [-0.1, -0.05) is 121 Å². The molecule has 2 heterocycles. The first-order chi connectivity index (χ1) is 22.7.